The number of nitrogens with one attached hydrogen (secondary N) is 1. The van der Waals surface area contributed by atoms with Gasteiger partial charge < -0.3 is 16.3 Å². The van der Waals surface area contributed by atoms with Gasteiger partial charge in [-0.05, 0) is 17.9 Å². The fraction of sp³-hybridized carbons (Fsp3) is 0.545. The Bertz CT molecular complexity index is 311. The Kier molecular flexibility index (Phi) is 5.88. The molecule has 1 heterocycles. The Hall–Kier alpha value is -1.07. The van der Waals surface area contributed by atoms with Crippen molar-refractivity contribution in [1.82, 2.24) is 5.32 Å². The third kappa shape index (κ3) is 4.20. The average Bonchev–Trinajstić information content (AvgIpc) is 2.81. The van der Waals surface area contributed by atoms with E-state index in [1.807, 2.05) is 0 Å². The highest BCUT2D eigenvalue weighted by molar-refractivity contribution is 7.10. The number of hydrogen-bond acceptors (Lipinski definition) is 4. The lowest BCUT2D eigenvalue weighted by Crippen LogP contribution is -2.25. The monoisotopic (exact) mass is 241 g/mol. The van der Waals surface area contributed by atoms with E-state index in [-0.39, 0.29) is 5.84 Å². The average molecular weight is 241 g/mol. The van der Waals surface area contributed by atoms with Crippen LogP contribution in [0, 0.1) is 0 Å². The predicted octanol–water partition coefficient (Wildman–Crippen LogP) is 2.32. The third-order valence-electron chi connectivity index (χ3n) is 2.36. The van der Waals surface area contributed by atoms with Gasteiger partial charge in [-0.25, -0.2) is 0 Å². The fourth-order valence-corrected chi connectivity index (χ4v) is 2.38. The highest BCUT2D eigenvalue weighted by atomic mass is 32.1. The second-order valence-electron chi connectivity index (χ2n) is 3.65. The van der Waals surface area contributed by atoms with Crippen LogP contribution in [0.25, 0.3) is 0 Å². The maximum Gasteiger partial charge on any atom is 0.140 e. The van der Waals surface area contributed by atoms with E-state index >= 15 is 0 Å². The second-order valence-corrected chi connectivity index (χ2v) is 4.63. The maximum absolute atomic E-state index is 8.42. The molecule has 4 nitrogen and oxygen atoms in total. The summed E-state index contributed by atoms with van der Waals surface area (Å²) in [5, 5.41) is 16.9. The van der Waals surface area contributed by atoms with Crippen molar-refractivity contribution in [1.29, 1.82) is 0 Å². The van der Waals surface area contributed by atoms with Crippen LogP contribution in [0.4, 0.5) is 0 Å². The molecule has 1 atom stereocenters. The number of hydrogen-bond donors (Lipinski definition) is 3. The molecule has 90 valence electrons. The van der Waals surface area contributed by atoms with Gasteiger partial charge in [0.1, 0.15) is 5.84 Å². The van der Waals surface area contributed by atoms with Crippen molar-refractivity contribution in [2.24, 2.45) is 10.9 Å². The highest BCUT2D eigenvalue weighted by Gasteiger charge is 2.10. The molecule has 1 unspecified atom stereocenters. The van der Waals surface area contributed by atoms with Crippen LogP contribution in [0.2, 0.25) is 0 Å². The number of nitrogens with zero attached hydrogens (tertiary/aromatic N) is 1. The second kappa shape index (κ2) is 7.24. The van der Waals surface area contributed by atoms with Crippen LogP contribution in [0.15, 0.2) is 22.7 Å². The number of thiophene rings is 1. The summed E-state index contributed by atoms with van der Waals surface area (Å²) in [6, 6.07) is 4.59. The molecule has 0 bridgehead atoms. The van der Waals surface area contributed by atoms with E-state index in [4.69, 9.17) is 10.9 Å². The van der Waals surface area contributed by atoms with E-state index in [2.05, 4.69) is 34.9 Å². The van der Waals surface area contributed by atoms with Crippen LogP contribution in [0.1, 0.15) is 37.1 Å². The zero-order valence-electron chi connectivity index (χ0n) is 9.52. The molecule has 0 aliphatic rings. The van der Waals surface area contributed by atoms with Gasteiger partial charge in [0.25, 0.3) is 0 Å². The van der Waals surface area contributed by atoms with Crippen molar-refractivity contribution in [3.63, 3.8) is 0 Å². The Balaban J connectivity index is 2.40. The van der Waals surface area contributed by atoms with E-state index in [0.717, 1.165) is 19.4 Å². The number of rotatable bonds is 7. The van der Waals surface area contributed by atoms with Crippen LogP contribution in [-0.2, 0) is 0 Å². The van der Waals surface area contributed by atoms with Gasteiger partial charge in [-0.2, -0.15) is 0 Å². The first-order valence-electron chi connectivity index (χ1n) is 5.51. The van der Waals surface area contributed by atoms with Gasteiger partial charge in [0, 0.05) is 23.9 Å². The molecule has 0 radical (unpaired) electrons. The molecule has 1 rings (SSSR count). The molecule has 0 aliphatic heterocycles. The Morgan fingerprint density at radius 3 is 3.06 bits per heavy atom. The lowest BCUT2D eigenvalue weighted by molar-refractivity contribution is 0.316. The molecular formula is C11H19N3OS. The number of oxime groups is 1. The standard InChI is InChI=1S/C11H19N3OS/c1-2-4-9(10-5-3-8-16-10)13-7-6-11(12)14-15/h3,5,8-9,13,15H,2,4,6-7H2,1H3,(H2,12,14). The Morgan fingerprint density at radius 1 is 1.69 bits per heavy atom. The first-order chi connectivity index (χ1) is 7.77. The Morgan fingerprint density at radius 2 is 2.50 bits per heavy atom. The summed E-state index contributed by atoms with van der Waals surface area (Å²) in [7, 11) is 0. The van der Waals surface area contributed by atoms with Gasteiger partial charge in [-0.3, -0.25) is 0 Å². The molecule has 0 fully saturated rings. The summed E-state index contributed by atoms with van der Waals surface area (Å²) in [6.45, 7) is 2.91. The van der Waals surface area contributed by atoms with Crippen LogP contribution < -0.4 is 11.1 Å². The summed E-state index contributed by atoms with van der Waals surface area (Å²) >= 11 is 1.76. The van der Waals surface area contributed by atoms with Crippen molar-refractivity contribution in [3.8, 4) is 0 Å². The van der Waals surface area contributed by atoms with Gasteiger partial charge >= 0.3 is 0 Å². The lowest BCUT2D eigenvalue weighted by Gasteiger charge is -2.16. The molecule has 16 heavy (non-hydrogen) atoms. The minimum Gasteiger partial charge on any atom is -0.409 e. The summed E-state index contributed by atoms with van der Waals surface area (Å²) in [4.78, 5) is 1.35. The van der Waals surface area contributed by atoms with Crippen molar-refractivity contribution in [3.05, 3.63) is 22.4 Å². The minimum absolute atomic E-state index is 0.272. The lowest BCUT2D eigenvalue weighted by atomic mass is 10.1. The summed E-state index contributed by atoms with van der Waals surface area (Å²) in [5.74, 6) is 0.272. The van der Waals surface area contributed by atoms with Gasteiger partial charge in [-0.15, -0.1) is 11.3 Å². The van der Waals surface area contributed by atoms with Crippen molar-refractivity contribution >= 4 is 17.2 Å². The number of nitrogens with two attached hydrogens (primary N) is 1. The van der Waals surface area contributed by atoms with Crippen molar-refractivity contribution < 1.29 is 5.21 Å². The first-order valence-corrected chi connectivity index (χ1v) is 6.39. The molecule has 0 aliphatic carbocycles. The third-order valence-corrected chi connectivity index (χ3v) is 3.35. The van der Waals surface area contributed by atoms with E-state index in [1.165, 1.54) is 4.88 Å². The van der Waals surface area contributed by atoms with Crippen LogP contribution in [0.5, 0.6) is 0 Å². The largest absolute Gasteiger partial charge is 0.409 e. The van der Waals surface area contributed by atoms with Crippen molar-refractivity contribution in [2.45, 2.75) is 32.2 Å². The Labute approximate surface area is 100 Å². The predicted molar refractivity (Wildman–Crippen MR) is 68.0 cm³/mol. The highest BCUT2D eigenvalue weighted by Crippen LogP contribution is 2.22. The molecule has 0 saturated heterocycles. The maximum atomic E-state index is 8.42. The minimum atomic E-state index is 0.272. The van der Waals surface area contributed by atoms with Gasteiger partial charge in [0.15, 0.2) is 0 Å². The molecule has 0 spiro atoms. The molecule has 5 heteroatoms. The summed E-state index contributed by atoms with van der Waals surface area (Å²) < 4.78 is 0. The normalized spacial score (nSPS) is 13.9. The van der Waals surface area contributed by atoms with Gasteiger partial charge in [-0.1, -0.05) is 24.6 Å². The molecule has 1 aromatic heterocycles. The van der Waals surface area contributed by atoms with E-state index < -0.39 is 0 Å². The smallest absolute Gasteiger partial charge is 0.140 e. The van der Waals surface area contributed by atoms with E-state index in [0.29, 0.717) is 12.5 Å². The van der Waals surface area contributed by atoms with E-state index in [1.54, 1.807) is 11.3 Å². The molecule has 1 aromatic rings. The zero-order chi connectivity index (χ0) is 11.8. The molecular weight excluding hydrogens is 222 g/mol. The van der Waals surface area contributed by atoms with Gasteiger partial charge in [0.05, 0.1) is 0 Å². The topological polar surface area (TPSA) is 70.6 Å². The first kappa shape index (κ1) is 13.0. The SMILES string of the molecule is CCCC(NCCC(N)=NO)c1cccs1. The van der Waals surface area contributed by atoms with Crippen LogP contribution in [0.3, 0.4) is 0 Å². The van der Waals surface area contributed by atoms with E-state index in [9.17, 15) is 0 Å². The summed E-state index contributed by atoms with van der Waals surface area (Å²) in [6.07, 6.45) is 2.82. The molecule has 0 saturated carbocycles. The molecule has 0 amide bonds. The number of amidine groups is 1. The fourth-order valence-electron chi connectivity index (χ4n) is 1.55. The summed E-state index contributed by atoms with van der Waals surface area (Å²) in [5.41, 5.74) is 5.41. The molecule has 0 aromatic carbocycles. The zero-order valence-corrected chi connectivity index (χ0v) is 10.3. The molecule has 4 N–H and O–H groups in total. The van der Waals surface area contributed by atoms with Crippen LogP contribution in [-0.4, -0.2) is 17.6 Å². The van der Waals surface area contributed by atoms with Crippen LogP contribution >= 0.6 is 11.3 Å². The van der Waals surface area contributed by atoms with Crippen molar-refractivity contribution in [2.75, 3.05) is 6.54 Å². The quantitative estimate of drug-likeness (QED) is 0.297. The van der Waals surface area contributed by atoms with Gasteiger partial charge in [0.2, 0.25) is 0 Å².